The number of likely N-dealkylation sites (tertiary alicyclic amines) is 1. The normalized spacial score (nSPS) is 25.4. The molecule has 1 unspecified atom stereocenters. The van der Waals surface area contributed by atoms with E-state index in [0.717, 1.165) is 25.7 Å². The van der Waals surface area contributed by atoms with Gasteiger partial charge in [-0.3, -0.25) is 4.90 Å². The molecule has 3 rings (SSSR count). The molecule has 3 nitrogen and oxygen atoms in total. The van der Waals surface area contributed by atoms with E-state index >= 15 is 0 Å². The zero-order chi connectivity index (χ0) is 15.2. The molecule has 1 atom stereocenters. The van der Waals surface area contributed by atoms with Crippen LogP contribution in [0.4, 0.5) is 0 Å². The Bertz CT molecular complexity index is 434. The fourth-order valence-corrected chi connectivity index (χ4v) is 4.43. The molecule has 0 bridgehead atoms. The van der Waals surface area contributed by atoms with Crippen molar-refractivity contribution in [2.75, 3.05) is 45.1 Å². The molecule has 2 aliphatic heterocycles. The van der Waals surface area contributed by atoms with E-state index in [4.69, 9.17) is 4.74 Å². The van der Waals surface area contributed by atoms with Gasteiger partial charge in [-0.15, -0.1) is 11.8 Å². The highest BCUT2D eigenvalue weighted by Gasteiger charge is 2.27. The number of nitrogens with zero attached hydrogens (tertiary/aromatic N) is 2. The van der Waals surface area contributed by atoms with Gasteiger partial charge in [0.2, 0.25) is 0 Å². The first-order valence-electron chi connectivity index (χ1n) is 8.57. The Hall–Kier alpha value is -0.550. The van der Waals surface area contributed by atoms with Crippen molar-refractivity contribution in [3.8, 4) is 0 Å². The Morgan fingerprint density at radius 2 is 1.91 bits per heavy atom. The molecule has 0 N–H and O–H groups in total. The second kappa shape index (κ2) is 8.34. The minimum Gasteiger partial charge on any atom is -0.376 e. The molecule has 2 heterocycles. The van der Waals surface area contributed by atoms with E-state index in [0.29, 0.717) is 6.10 Å². The molecule has 0 radical (unpaired) electrons. The van der Waals surface area contributed by atoms with E-state index in [1.807, 2.05) is 11.8 Å². The summed E-state index contributed by atoms with van der Waals surface area (Å²) in [5.41, 5.74) is 0. The molecular formula is C18H28N2OS. The summed E-state index contributed by atoms with van der Waals surface area (Å²) in [5, 5.41) is 0. The minimum atomic E-state index is 0.411. The van der Waals surface area contributed by atoms with Gasteiger partial charge in [-0.25, -0.2) is 0 Å². The second-order valence-corrected chi connectivity index (χ2v) is 7.58. The number of morpholine rings is 1. The van der Waals surface area contributed by atoms with Crippen molar-refractivity contribution in [1.82, 2.24) is 9.80 Å². The molecule has 0 spiro atoms. The summed E-state index contributed by atoms with van der Waals surface area (Å²) in [7, 11) is 0. The molecule has 22 heavy (non-hydrogen) atoms. The van der Waals surface area contributed by atoms with Crippen molar-refractivity contribution in [2.45, 2.75) is 36.8 Å². The van der Waals surface area contributed by atoms with Gasteiger partial charge >= 0.3 is 0 Å². The lowest BCUT2D eigenvalue weighted by molar-refractivity contribution is -0.0431. The van der Waals surface area contributed by atoms with Crippen molar-refractivity contribution in [2.24, 2.45) is 0 Å². The van der Waals surface area contributed by atoms with Crippen LogP contribution in [-0.2, 0) is 4.74 Å². The summed E-state index contributed by atoms with van der Waals surface area (Å²) in [6.45, 7) is 9.08. The summed E-state index contributed by atoms with van der Waals surface area (Å²) in [6, 6.07) is 11.5. The molecule has 0 aliphatic carbocycles. The SMILES string of the molecule is CC1CN(C2CCN(CCSc3ccccc3)CC2)CCO1. The first-order chi connectivity index (χ1) is 10.8. The van der Waals surface area contributed by atoms with E-state index in [-0.39, 0.29) is 0 Å². The average molecular weight is 321 g/mol. The van der Waals surface area contributed by atoms with Crippen LogP contribution in [0.2, 0.25) is 0 Å². The van der Waals surface area contributed by atoms with Crippen LogP contribution >= 0.6 is 11.8 Å². The number of piperidine rings is 1. The number of hydrogen-bond acceptors (Lipinski definition) is 4. The van der Waals surface area contributed by atoms with Gasteiger partial charge in [-0.1, -0.05) is 18.2 Å². The van der Waals surface area contributed by atoms with Gasteiger partial charge in [-0.2, -0.15) is 0 Å². The van der Waals surface area contributed by atoms with Crippen LogP contribution in [0.5, 0.6) is 0 Å². The lowest BCUT2D eigenvalue weighted by atomic mass is 10.0. The van der Waals surface area contributed by atoms with Gasteiger partial charge in [0.1, 0.15) is 0 Å². The van der Waals surface area contributed by atoms with Crippen molar-refractivity contribution in [3.63, 3.8) is 0 Å². The summed E-state index contributed by atoms with van der Waals surface area (Å²) in [5.74, 6) is 1.20. The van der Waals surface area contributed by atoms with Gasteiger partial charge in [0.05, 0.1) is 12.7 Å². The highest BCUT2D eigenvalue weighted by Crippen LogP contribution is 2.21. The molecule has 0 amide bonds. The predicted molar refractivity (Wildman–Crippen MR) is 93.6 cm³/mol. The molecule has 0 aromatic heterocycles. The zero-order valence-electron chi connectivity index (χ0n) is 13.6. The summed E-state index contributed by atoms with van der Waals surface area (Å²) < 4.78 is 5.66. The van der Waals surface area contributed by atoms with Crippen LogP contribution < -0.4 is 0 Å². The Kier molecular flexibility index (Phi) is 6.19. The summed E-state index contributed by atoms with van der Waals surface area (Å²) in [4.78, 5) is 6.68. The molecule has 2 fully saturated rings. The Morgan fingerprint density at radius 3 is 2.64 bits per heavy atom. The zero-order valence-corrected chi connectivity index (χ0v) is 14.4. The molecule has 122 valence electrons. The smallest absolute Gasteiger partial charge is 0.0674 e. The lowest BCUT2D eigenvalue weighted by Gasteiger charge is -2.41. The monoisotopic (exact) mass is 320 g/mol. The van der Waals surface area contributed by atoms with Crippen molar-refractivity contribution in [3.05, 3.63) is 30.3 Å². The van der Waals surface area contributed by atoms with Crippen molar-refractivity contribution < 1.29 is 4.74 Å². The van der Waals surface area contributed by atoms with Gasteiger partial charge < -0.3 is 9.64 Å². The van der Waals surface area contributed by atoms with Gasteiger partial charge in [-0.05, 0) is 45.0 Å². The van der Waals surface area contributed by atoms with Crippen LogP contribution in [0.1, 0.15) is 19.8 Å². The maximum absolute atomic E-state index is 5.66. The van der Waals surface area contributed by atoms with Crippen LogP contribution in [0.25, 0.3) is 0 Å². The number of thioether (sulfide) groups is 1. The molecule has 4 heteroatoms. The predicted octanol–water partition coefficient (Wildman–Crippen LogP) is 2.96. The standard InChI is InChI=1S/C18H28N2OS/c1-16-15-20(11-13-21-16)17-7-9-19(10-8-17)12-14-22-18-5-3-2-4-6-18/h2-6,16-17H,7-15H2,1H3. The molecule has 1 aromatic carbocycles. The molecular weight excluding hydrogens is 292 g/mol. The third-order valence-electron chi connectivity index (χ3n) is 4.77. The van der Waals surface area contributed by atoms with E-state index in [2.05, 4.69) is 47.1 Å². The Morgan fingerprint density at radius 1 is 1.14 bits per heavy atom. The first kappa shape index (κ1) is 16.3. The minimum absolute atomic E-state index is 0.411. The van der Waals surface area contributed by atoms with Crippen LogP contribution in [-0.4, -0.2) is 67.0 Å². The van der Waals surface area contributed by atoms with Gasteiger partial charge in [0.15, 0.2) is 0 Å². The number of rotatable bonds is 5. The van der Waals surface area contributed by atoms with Crippen LogP contribution in [0, 0.1) is 0 Å². The first-order valence-corrected chi connectivity index (χ1v) is 9.55. The lowest BCUT2D eigenvalue weighted by Crippen LogP contribution is -2.51. The Labute approximate surface area is 139 Å². The topological polar surface area (TPSA) is 15.7 Å². The largest absolute Gasteiger partial charge is 0.376 e. The highest BCUT2D eigenvalue weighted by atomic mass is 32.2. The molecule has 0 saturated carbocycles. The quantitative estimate of drug-likeness (QED) is 0.775. The van der Waals surface area contributed by atoms with E-state index in [9.17, 15) is 0 Å². The Balaban J connectivity index is 1.35. The fourth-order valence-electron chi connectivity index (χ4n) is 3.49. The van der Waals surface area contributed by atoms with Crippen LogP contribution in [0.3, 0.4) is 0 Å². The maximum atomic E-state index is 5.66. The summed E-state index contributed by atoms with van der Waals surface area (Å²) in [6.07, 6.45) is 3.06. The van der Waals surface area contributed by atoms with Crippen LogP contribution in [0.15, 0.2) is 35.2 Å². The number of benzene rings is 1. The van der Waals surface area contributed by atoms with Crippen molar-refractivity contribution in [1.29, 1.82) is 0 Å². The van der Waals surface area contributed by atoms with E-state index < -0.39 is 0 Å². The fraction of sp³-hybridized carbons (Fsp3) is 0.667. The van der Waals surface area contributed by atoms with E-state index in [1.54, 1.807) is 0 Å². The molecule has 1 aromatic rings. The summed E-state index contributed by atoms with van der Waals surface area (Å²) >= 11 is 1.97. The molecule has 2 aliphatic rings. The number of hydrogen-bond donors (Lipinski definition) is 0. The van der Waals surface area contributed by atoms with Gasteiger partial charge in [0.25, 0.3) is 0 Å². The van der Waals surface area contributed by atoms with E-state index in [1.165, 1.54) is 43.1 Å². The maximum Gasteiger partial charge on any atom is 0.0674 e. The van der Waals surface area contributed by atoms with Crippen molar-refractivity contribution >= 4 is 11.8 Å². The third kappa shape index (κ3) is 4.72. The van der Waals surface area contributed by atoms with Gasteiger partial charge in [0, 0.05) is 36.3 Å². The third-order valence-corrected chi connectivity index (χ3v) is 5.76. The average Bonchev–Trinajstić information content (AvgIpc) is 2.56. The second-order valence-electron chi connectivity index (χ2n) is 6.41. The highest BCUT2D eigenvalue weighted by molar-refractivity contribution is 7.99. The number of ether oxygens (including phenoxy) is 1. The molecule has 2 saturated heterocycles.